The molecule has 2 amide bonds. The minimum absolute atomic E-state index is 0.380. The van der Waals surface area contributed by atoms with Gasteiger partial charge in [-0.15, -0.1) is 0 Å². The average Bonchev–Trinajstić information content (AvgIpc) is 2.58. The highest BCUT2D eigenvalue weighted by Crippen LogP contribution is 2.41. The van der Waals surface area contributed by atoms with Crippen LogP contribution in [-0.4, -0.2) is 43.5 Å². The Hall–Kier alpha value is -1.31. The molecule has 1 unspecified atom stereocenters. The normalized spacial score (nSPS) is 20.9. The smallest absolute Gasteiger partial charge is 0.337 e. The molecule has 2 rings (SSSR count). The highest BCUT2D eigenvalue weighted by Gasteiger charge is 2.47. The molecule has 0 aliphatic carbocycles. The summed E-state index contributed by atoms with van der Waals surface area (Å²) in [6.07, 6.45) is -0.510. The molecule has 2 N–H and O–H groups in total. The summed E-state index contributed by atoms with van der Waals surface area (Å²) in [5.41, 5.74) is 0.630. The molecule has 1 aromatic carbocycles. The van der Waals surface area contributed by atoms with Crippen LogP contribution in [0.4, 0.5) is 10.5 Å². The maximum Gasteiger partial charge on any atom is 0.347 e. The summed E-state index contributed by atoms with van der Waals surface area (Å²) < 4.78 is 0.279. The second-order valence-electron chi connectivity index (χ2n) is 5.10. The van der Waals surface area contributed by atoms with Crippen LogP contribution in [0.3, 0.4) is 0 Å². The van der Waals surface area contributed by atoms with Gasteiger partial charge in [0.05, 0.1) is 4.75 Å². The SMILES string of the molecule is CN1C(=S)SC(C)(C)C1N(O)C(=O)Nc1ccccc1. The molecule has 0 bridgehead atoms. The molecule has 1 atom stereocenters. The van der Waals surface area contributed by atoms with Crippen molar-refractivity contribution in [1.82, 2.24) is 9.96 Å². The van der Waals surface area contributed by atoms with Crippen molar-refractivity contribution < 1.29 is 10.0 Å². The summed E-state index contributed by atoms with van der Waals surface area (Å²) in [4.78, 5) is 13.9. The van der Waals surface area contributed by atoms with Crippen molar-refractivity contribution in [3.8, 4) is 0 Å². The number of anilines is 1. The summed E-state index contributed by atoms with van der Waals surface area (Å²) >= 11 is 6.69. The molecule has 7 heteroatoms. The number of carbonyl (C=O) groups excluding carboxylic acids is 1. The molecular weight excluding hydrogens is 294 g/mol. The fourth-order valence-corrected chi connectivity index (χ4v) is 3.99. The third kappa shape index (κ3) is 2.89. The van der Waals surface area contributed by atoms with Gasteiger partial charge in [0.25, 0.3) is 0 Å². The fourth-order valence-electron chi connectivity index (χ4n) is 2.19. The number of hydrogen-bond acceptors (Lipinski definition) is 4. The standard InChI is InChI=1S/C13H17N3O2S2/c1-13(2)10(15(3)12(19)20-13)16(18)11(17)14-9-7-5-4-6-8-9/h4-8,10,18H,1-3H3,(H,14,17). The zero-order valence-electron chi connectivity index (χ0n) is 11.5. The van der Waals surface area contributed by atoms with Crippen molar-refractivity contribution in [1.29, 1.82) is 0 Å². The predicted molar refractivity (Wildman–Crippen MR) is 84.9 cm³/mol. The van der Waals surface area contributed by atoms with Crippen LogP contribution in [0.2, 0.25) is 0 Å². The van der Waals surface area contributed by atoms with Crippen LogP contribution in [0.5, 0.6) is 0 Å². The lowest BCUT2D eigenvalue weighted by Gasteiger charge is -2.34. The lowest BCUT2D eigenvalue weighted by molar-refractivity contribution is -0.110. The van der Waals surface area contributed by atoms with Crippen LogP contribution >= 0.6 is 24.0 Å². The Kier molecular flexibility index (Phi) is 4.22. The van der Waals surface area contributed by atoms with Crippen LogP contribution in [0.15, 0.2) is 30.3 Å². The van der Waals surface area contributed by atoms with E-state index in [1.165, 1.54) is 11.8 Å². The highest BCUT2D eigenvalue weighted by atomic mass is 32.2. The van der Waals surface area contributed by atoms with Gasteiger partial charge in [0.2, 0.25) is 0 Å². The van der Waals surface area contributed by atoms with Gasteiger partial charge in [-0.2, -0.15) is 5.06 Å². The Morgan fingerprint density at radius 1 is 1.45 bits per heavy atom. The van der Waals surface area contributed by atoms with Gasteiger partial charge in [-0.1, -0.05) is 42.2 Å². The number of para-hydroxylation sites is 1. The summed E-state index contributed by atoms with van der Waals surface area (Å²) in [7, 11) is 1.77. The number of amides is 2. The molecule has 0 spiro atoms. The van der Waals surface area contributed by atoms with Gasteiger partial charge in [0, 0.05) is 12.7 Å². The molecular formula is C13H17N3O2S2. The van der Waals surface area contributed by atoms with Crippen molar-refractivity contribution >= 4 is 40.0 Å². The number of benzene rings is 1. The first-order valence-corrected chi connectivity index (χ1v) is 7.35. The van der Waals surface area contributed by atoms with Gasteiger partial charge >= 0.3 is 6.03 Å². The number of hydroxylamine groups is 2. The van der Waals surface area contributed by atoms with Gasteiger partial charge in [-0.3, -0.25) is 5.21 Å². The van der Waals surface area contributed by atoms with E-state index in [1.54, 1.807) is 24.1 Å². The van der Waals surface area contributed by atoms with E-state index >= 15 is 0 Å². The van der Waals surface area contributed by atoms with Gasteiger partial charge < -0.3 is 10.2 Å². The van der Waals surface area contributed by atoms with E-state index in [-0.39, 0.29) is 4.75 Å². The van der Waals surface area contributed by atoms with Crippen LogP contribution in [0, 0.1) is 0 Å². The maximum absolute atomic E-state index is 12.1. The van der Waals surface area contributed by atoms with Crippen molar-refractivity contribution in [3.63, 3.8) is 0 Å². The van der Waals surface area contributed by atoms with E-state index in [9.17, 15) is 10.0 Å². The molecule has 0 saturated carbocycles. The van der Waals surface area contributed by atoms with Gasteiger partial charge in [0.15, 0.2) is 0 Å². The predicted octanol–water partition coefficient (Wildman–Crippen LogP) is 2.98. The van der Waals surface area contributed by atoms with E-state index in [1.807, 2.05) is 32.0 Å². The topological polar surface area (TPSA) is 55.8 Å². The third-order valence-corrected chi connectivity index (χ3v) is 4.83. The minimum Gasteiger partial charge on any atom is -0.337 e. The number of thioether (sulfide) groups is 1. The number of urea groups is 1. The zero-order valence-corrected chi connectivity index (χ0v) is 13.2. The van der Waals surface area contributed by atoms with Gasteiger partial charge in [0.1, 0.15) is 10.5 Å². The third-order valence-electron chi connectivity index (χ3n) is 3.09. The molecule has 1 aliphatic rings. The summed E-state index contributed by atoms with van der Waals surface area (Å²) in [6.45, 7) is 3.88. The Bertz CT molecular complexity index is 522. The van der Waals surface area contributed by atoms with Crippen LogP contribution in [-0.2, 0) is 0 Å². The molecule has 5 nitrogen and oxygen atoms in total. The highest BCUT2D eigenvalue weighted by molar-refractivity contribution is 8.24. The van der Waals surface area contributed by atoms with Gasteiger partial charge in [-0.25, -0.2) is 4.79 Å². The second kappa shape index (κ2) is 5.59. The number of hydrogen-bond donors (Lipinski definition) is 2. The lowest BCUT2D eigenvalue weighted by atomic mass is 10.1. The van der Waals surface area contributed by atoms with E-state index in [4.69, 9.17) is 12.2 Å². The molecule has 1 heterocycles. The molecule has 108 valence electrons. The maximum atomic E-state index is 12.1. The first-order chi connectivity index (χ1) is 9.33. The van der Waals surface area contributed by atoms with E-state index in [0.717, 1.165) is 0 Å². The van der Waals surface area contributed by atoms with Crippen LogP contribution in [0.1, 0.15) is 13.8 Å². The van der Waals surface area contributed by atoms with E-state index < -0.39 is 12.2 Å². The molecule has 0 aromatic heterocycles. The number of carbonyl (C=O) groups is 1. The molecule has 1 fully saturated rings. The lowest BCUT2D eigenvalue weighted by Crippen LogP contribution is -2.54. The van der Waals surface area contributed by atoms with Crippen LogP contribution < -0.4 is 5.32 Å². The Balaban J connectivity index is 2.12. The number of rotatable bonds is 2. The molecule has 20 heavy (non-hydrogen) atoms. The Morgan fingerprint density at radius 2 is 2.05 bits per heavy atom. The van der Waals surface area contributed by atoms with Crippen molar-refractivity contribution in [2.75, 3.05) is 12.4 Å². The largest absolute Gasteiger partial charge is 0.347 e. The van der Waals surface area contributed by atoms with Crippen molar-refractivity contribution in [2.45, 2.75) is 24.8 Å². The van der Waals surface area contributed by atoms with Crippen molar-refractivity contribution in [2.24, 2.45) is 0 Å². The minimum atomic E-state index is -0.577. The van der Waals surface area contributed by atoms with Gasteiger partial charge in [-0.05, 0) is 26.0 Å². The summed E-state index contributed by atoms with van der Waals surface area (Å²) in [6, 6.07) is 8.42. The molecule has 1 aliphatic heterocycles. The van der Waals surface area contributed by atoms with Crippen LogP contribution in [0.25, 0.3) is 0 Å². The quantitative estimate of drug-likeness (QED) is 0.499. The monoisotopic (exact) mass is 311 g/mol. The first kappa shape index (κ1) is 15.1. The molecule has 1 saturated heterocycles. The first-order valence-electron chi connectivity index (χ1n) is 6.13. The van der Waals surface area contributed by atoms with Crippen molar-refractivity contribution in [3.05, 3.63) is 30.3 Å². The van der Waals surface area contributed by atoms with E-state index in [0.29, 0.717) is 15.1 Å². The summed E-state index contributed by atoms with van der Waals surface area (Å²) in [5.74, 6) is 0. The number of nitrogens with zero attached hydrogens (tertiary/aromatic N) is 2. The Morgan fingerprint density at radius 3 is 2.55 bits per heavy atom. The second-order valence-corrected chi connectivity index (χ2v) is 7.38. The number of nitrogens with one attached hydrogen (secondary N) is 1. The Labute approximate surface area is 127 Å². The summed E-state index contributed by atoms with van der Waals surface area (Å²) in [5, 5.41) is 13.6. The fraction of sp³-hybridized carbons (Fsp3) is 0.385. The zero-order chi connectivity index (χ0) is 14.9. The molecule has 0 radical (unpaired) electrons. The van der Waals surface area contributed by atoms with E-state index in [2.05, 4.69) is 5.32 Å². The number of thiocarbonyl (C=S) groups is 1. The molecule has 1 aromatic rings. The average molecular weight is 311 g/mol.